The SMILES string of the molecule is COc1ccc(-c2ccc(SCC(=O)Nc3cccc(S(N)(=O)=O)c3)nn2)cc1. The number of ether oxygens (including phenoxy) is 1. The topological polar surface area (TPSA) is 124 Å². The van der Waals surface area contributed by atoms with E-state index in [0.29, 0.717) is 16.4 Å². The predicted octanol–water partition coefficient (Wildman–Crippen LogP) is 2.53. The maximum absolute atomic E-state index is 12.1. The maximum Gasteiger partial charge on any atom is 0.238 e. The van der Waals surface area contributed by atoms with Gasteiger partial charge in [-0.1, -0.05) is 17.8 Å². The van der Waals surface area contributed by atoms with E-state index in [1.54, 1.807) is 19.2 Å². The van der Waals surface area contributed by atoms with Crippen molar-refractivity contribution < 1.29 is 17.9 Å². The van der Waals surface area contributed by atoms with Crippen molar-refractivity contribution >= 4 is 33.4 Å². The number of amides is 1. The van der Waals surface area contributed by atoms with Gasteiger partial charge in [-0.3, -0.25) is 4.79 Å². The number of carbonyl (C=O) groups excluding carboxylic acids is 1. The van der Waals surface area contributed by atoms with Crippen LogP contribution in [0, 0.1) is 0 Å². The summed E-state index contributed by atoms with van der Waals surface area (Å²) in [6.45, 7) is 0. The van der Waals surface area contributed by atoms with Gasteiger partial charge in [0.2, 0.25) is 15.9 Å². The van der Waals surface area contributed by atoms with Crippen molar-refractivity contribution in [1.29, 1.82) is 0 Å². The number of sulfonamides is 1. The first-order valence-corrected chi connectivity index (χ1v) is 10.9. The minimum absolute atomic E-state index is 0.0667. The fraction of sp³-hybridized carbons (Fsp3) is 0.105. The summed E-state index contributed by atoms with van der Waals surface area (Å²) >= 11 is 1.22. The summed E-state index contributed by atoms with van der Waals surface area (Å²) in [5, 5.41) is 16.6. The zero-order valence-corrected chi connectivity index (χ0v) is 17.0. The average molecular weight is 431 g/mol. The maximum atomic E-state index is 12.1. The fourth-order valence-corrected chi connectivity index (χ4v) is 3.57. The quantitative estimate of drug-likeness (QED) is 0.552. The third-order valence-corrected chi connectivity index (χ3v) is 5.65. The summed E-state index contributed by atoms with van der Waals surface area (Å²) in [6.07, 6.45) is 0. The second kappa shape index (κ2) is 9.03. The Bertz CT molecular complexity index is 1100. The average Bonchev–Trinajstić information content (AvgIpc) is 2.72. The Balaban J connectivity index is 1.57. The molecule has 1 amide bonds. The number of nitrogens with zero attached hydrogens (tertiary/aromatic N) is 2. The highest BCUT2D eigenvalue weighted by Gasteiger charge is 2.10. The van der Waals surface area contributed by atoms with Gasteiger partial charge in [0.15, 0.2) is 0 Å². The molecule has 150 valence electrons. The number of primary sulfonamides is 1. The van der Waals surface area contributed by atoms with E-state index in [4.69, 9.17) is 9.88 Å². The standard InChI is InChI=1S/C19H18N4O4S2/c1-27-15-7-5-13(6-8-15)17-9-10-19(23-22-17)28-12-18(24)21-14-3-2-4-16(11-14)29(20,25)26/h2-11H,12H2,1H3,(H,21,24)(H2,20,25,26). The van der Waals surface area contributed by atoms with Gasteiger partial charge >= 0.3 is 0 Å². The Morgan fingerprint density at radius 2 is 1.86 bits per heavy atom. The Morgan fingerprint density at radius 3 is 2.48 bits per heavy atom. The lowest BCUT2D eigenvalue weighted by Gasteiger charge is -2.07. The van der Waals surface area contributed by atoms with E-state index >= 15 is 0 Å². The molecular weight excluding hydrogens is 412 g/mol. The number of methoxy groups -OCH3 is 1. The van der Waals surface area contributed by atoms with Crippen LogP contribution in [0.5, 0.6) is 5.75 Å². The van der Waals surface area contributed by atoms with Crippen LogP contribution in [-0.2, 0) is 14.8 Å². The number of nitrogens with one attached hydrogen (secondary N) is 1. The molecule has 3 rings (SSSR count). The monoisotopic (exact) mass is 430 g/mol. The van der Waals surface area contributed by atoms with Crippen molar-refractivity contribution in [2.45, 2.75) is 9.92 Å². The number of anilines is 1. The summed E-state index contributed by atoms with van der Waals surface area (Å²) in [6, 6.07) is 16.8. The van der Waals surface area contributed by atoms with Crippen LogP contribution in [-0.4, -0.2) is 37.4 Å². The number of thioether (sulfide) groups is 1. The van der Waals surface area contributed by atoms with E-state index in [1.165, 1.54) is 30.0 Å². The predicted molar refractivity (Wildman–Crippen MR) is 111 cm³/mol. The highest BCUT2D eigenvalue weighted by Crippen LogP contribution is 2.22. The number of rotatable bonds is 7. The van der Waals surface area contributed by atoms with Gasteiger partial charge in [0.05, 0.1) is 23.5 Å². The molecule has 0 unspecified atom stereocenters. The molecule has 0 spiro atoms. The first-order valence-electron chi connectivity index (χ1n) is 8.39. The van der Waals surface area contributed by atoms with Crippen molar-refractivity contribution in [2.75, 3.05) is 18.2 Å². The number of benzene rings is 2. The molecule has 0 aliphatic carbocycles. The second-order valence-electron chi connectivity index (χ2n) is 5.90. The molecule has 2 aromatic carbocycles. The van der Waals surface area contributed by atoms with E-state index in [-0.39, 0.29) is 16.6 Å². The molecule has 1 aromatic heterocycles. The van der Waals surface area contributed by atoms with Gasteiger partial charge in [-0.25, -0.2) is 13.6 Å². The first kappa shape index (κ1) is 20.8. The van der Waals surface area contributed by atoms with Gasteiger partial charge in [0.25, 0.3) is 0 Å². The number of carbonyl (C=O) groups is 1. The van der Waals surface area contributed by atoms with Crippen LogP contribution >= 0.6 is 11.8 Å². The first-order chi connectivity index (χ1) is 13.8. The fourth-order valence-electron chi connectivity index (χ4n) is 2.40. The molecule has 0 bridgehead atoms. The van der Waals surface area contributed by atoms with E-state index < -0.39 is 10.0 Å². The van der Waals surface area contributed by atoms with Crippen molar-refractivity contribution in [1.82, 2.24) is 10.2 Å². The van der Waals surface area contributed by atoms with Crippen LogP contribution in [0.15, 0.2) is 70.6 Å². The summed E-state index contributed by atoms with van der Waals surface area (Å²) in [7, 11) is -2.22. The Labute approximate surface area is 172 Å². The molecule has 3 aromatic rings. The van der Waals surface area contributed by atoms with Gasteiger partial charge in [-0.15, -0.1) is 10.2 Å². The van der Waals surface area contributed by atoms with Gasteiger partial charge in [0.1, 0.15) is 10.8 Å². The smallest absolute Gasteiger partial charge is 0.238 e. The van der Waals surface area contributed by atoms with Gasteiger partial charge < -0.3 is 10.1 Å². The molecule has 3 N–H and O–H groups in total. The Morgan fingerprint density at radius 1 is 1.10 bits per heavy atom. The van der Waals surface area contributed by atoms with E-state index in [9.17, 15) is 13.2 Å². The van der Waals surface area contributed by atoms with Crippen LogP contribution in [0.2, 0.25) is 0 Å². The normalized spacial score (nSPS) is 11.1. The van der Waals surface area contributed by atoms with Crippen LogP contribution in [0.4, 0.5) is 5.69 Å². The molecule has 0 saturated heterocycles. The van der Waals surface area contributed by atoms with Crippen molar-refractivity contribution in [2.24, 2.45) is 5.14 Å². The van der Waals surface area contributed by atoms with Crippen molar-refractivity contribution in [3.8, 4) is 17.0 Å². The van der Waals surface area contributed by atoms with Gasteiger partial charge in [0, 0.05) is 11.3 Å². The summed E-state index contributed by atoms with van der Waals surface area (Å²) in [5.74, 6) is 0.549. The van der Waals surface area contributed by atoms with Gasteiger partial charge in [-0.05, 0) is 54.6 Å². The number of hydrogen-bond acceptors (Lipinski definition) is 7. The third kappa shape index (κ3) is 5.76. The summed E-state index contributed by atoms with van der Waals surface area (Å²) < 4.78 is 27.9. The minimum Gasteiger partial charge on any atom is -0.497 e. The Kier molecular flexibility index (Phi) is 6.47. The second-order valence-corrected chi connectivity index (χ2v) is 8.45. The largest absolute Gasteiger partial charge is 0.497 e. The summed E-state index contributed by atoms with van der Waals surface area (Å²) in [4.78, 5) is 12.1. The molecule has 0 saturated carbocycles. The highest BCUT2D eigenvalue weighted by molar-refractivity contribution is 7.99. The zero-order valence-electron chi connectivity index (χ0n) is 15.4. The molecule has 8 nitrogen and oxygen atoms in total. The third-order valence-electron chi connectivity index (χ3n) is 3.82. The molecule has 0 radical (unpaired) electrons. The lowest BCUT2D eigenvalue weighted by atomic mass is 10.1. The van der Waals surface area contributed by atoms with E-state index in [1.807, 2.05) is 30.3 Å². The zero-order chi connectivity index (χ0) is 20.9. The van der Waals surface area contributed by atoms with E-state index in [2.05, 4.69) is 15.5 Å². The van der Waals surface area contributed by atoms with Crippen molar-refractivity contribution in [3.05, 3.63) is 60.7 Å². The number of nitrogens with two attached hydrogens (primary N) is 1. The molecule has 0 aliphatic rings. The molecule has 0 atom stereocenters. The van der Waals surface area contributed by atoms with Crippen molar-refractivity contribution in [3.63, 3.8) is 0 Å². The molecular formula is C19H18N4O4S2. The Hall–Kier alpha value is -2.95. The minimum atomic E-state index is -3.83. The highest BCUT2D eigenvalue weighted by atomic mass is 32.2. The number of aromatic nitrogens is 2. The van der Waals surface area contributed by atoms with Gasteiger partial charge in [-0.2, -0.15) is 0 Å². The lowest BCUT2D eigenvalue weighted by molar-refractivity contribution is -0.113. The van der Waals surface area contributed by atoms with Crippen LogP contribution in [0.25, 0.3) is 11.3 Å². The van der Waals surface area contributed by atoms with Crippen LogP contribution in [0.3, 0.4) is 0 Å². The van der Waals surface area contributed by atoms with Crippen LogP contribution in [0.1, 0.15) is 0 Å². The number of hydrogen-bond donors (Lipinski definition) is 2. The molecule has 10 heteroatoms. The molecule has 0 aliphatic heterocycles. The molecule has 29 heavy (non-hydrogen) atoms. The molecule has 1 heterocycles. The van der Waals surface area contributed by atoms with E-state index in [0.717, 1.165) is 11.3 Å². The lowest BCUT2D eigenvalue weighted by Crippen LogP contribution is -2.16. The molecule has 0 fully saturated rings. The van der Waals surface area contributed by atoms with Crippen LogP contribution < -0.4 is 15.2 Å². The summed E-state index contributed by atoms with van der Waals surface area (Å²) in [5.41, 5.74) is 1.96.